The van der Waals surface area contributed by atoms with Crippen molar-refractivity contribution in [2.75, 3.05) is 19.3 Å². The molecule has 0 spiro atoms. The van der Waals surface area contributed by atoms with Crippen molar-refractivity contribution < 1.29 is 4.79 Å². The lowest BCUT2D eigenvalue weighted by atomic mass is 10.2. The lowest BCUT2D eigenvalue weighted by Gasteiger charge is -2.03. The first-order valence-electron chi connectivity index (χ1n) is 4.37. The van der Waals surface area contributed by atoms with Gasteiger partial charge in [-0.1, -0.05) is 12.8 Å². The summed E-state index contributed by atoms with van der Waals surface area (Å²) in [5.41, 5.74) is 0. The fraction of sp³-hybridized carbons (Fsp3) is 0.875. The first-order valence-corrected chi connectivity index (χ1v) is 5.01. The van der Waals surface area contributed by atoms with Gasteiger partial charge in [0.2, 0.25) is 0 Å². The maximum Gasteiger partial charge on any atom is 0.314 e. The molecule has 0 aliphatic heterocycles. The van der Waals surface area contributed by atoms with Crippen molar-refractivity contribution in [1.82, 2.24) is 10.6 Å². The van der Waals surface area contributed by atoms with E-state index in [0.29, 0.717) is 0 Å². The van der Waals surface area contributed by atoms with Gasteiger partial charge in [-0.05, 0) is 18.6 Å². The first kappa shape index (κ1) is 11.6. The fourth-order valence-electron chi connectivity index (χ4n) is 0.881. The largest absolute Gasteiger partial charge is 0.341 e. The summed E-state index contributed by atoms with van der Waals surface area (Å²) in [7, 11) is 1.62. The van der Waals surface area contributed by atoms with E-state index < -0.39 is 0 Å². The van der Waals surface area contributed by atoms with Crippen LogP contribution in [0.25, 0.3) is 0 Å². The van der Waals surface area contributed by atoms with Crippen molar-refractivity contribution in [3.63, 3.8) is 0 Å². The average molecular weight is 190 g/mol. The smallest absolute Gasteiger partial charge is 0.314 e. The van der Waals surface area contributed by atoms with Crippen molar-refractivity contribution in [2.24, 2.45) is 0 Å². The van der Waals surface area contributed by atoms with E-state index >= 15 is 0 Å². The summed E-state index contributed by atoms with van der Waals surface area (Å²) in [5, 5.41) is 5.24. The molecule has 12 heavy (non-hydrogen) atoms. The van der Waals surface area contributed by atoms with Gasteiger partial charge in [-0.3, -0.25) is 0 Å². The van der Waals surface area contributed by atoms with Gasteiger partial charge in [0.05, 0.1) is 0 Å². The third-order valence-corrected chi connectivity index (χ3v) is 1.91. The standard InChI is InChI=1S/C8H18N2OS/c1-9-8(11)10-6-4-2-3-5-7-12/h12H,2-7H2,1H3,(H2,9,10,11). The number of carbonyl (C=O) groups excluding carboxylic acids is 1. The van der Waals surface area contributed by atoms with Crippen molar-refractivity contribution in [3.8, 4) is 0 Å². The Morgan fingerprint density at radius 3 is 2.50 bits per heavy atom. The number of amides is 2. The van der Waals surface area contributed by atoms with Crippen molar-refractivity contribution in [3.05, 3.63) is 0 Å². The zero-order chi connectivity index (χ0) is 9.23. The van der Waals surface area contributed by atoms with Crippen LogP contribution in [-0.2, 0) is 0 Å². The molecule has 0 fully saturated rings. The van der Waals surface area contributed by atoms with Gasteiger partial charge < -0.3 is 10.6 Å². The second kappa shape index (κ2) is 8.71. The predicted molar refractivity (Wildman–Crippen MR) is 54.8 cm³/mol. The normalized spacial score (nSPS) is 9.50. The molecule has 0 radical (unpaired) electrons. The maximum absolute atomic E-state index is 10.7. The fourth-order valence-corrected chi connectivity index (χ4v) is 1.10. The predicted octanol–water partition coefficient (Wildman–Crippen LogP) is 1.41. The molecule has 0 saturated heterocycles. The van der Waals surface area contributed by atoms with Crippen LogP contribution in [0.3, 0.4) is 0 Å². The number of thiol groups is 1. The first-order chi connectivity index (χ1) is 5.81. The minimum absolute atomic E-state index is 0.0933. The molecule has 0 aliphatic rings. The summed E-state index contributed by atoms with van der Waals surface area (Å²) in [5.74, 6) is 0.961. The third kappa shape index (κ3) is 7.72. The molecule has 0 aromatic rings. The van der Waals surface area contributed by atoms with E-state index in [4.69, 9.17) is 0 Å². The summed E-state index contributed by atoms with van der Waals surface area (Å²) >= 11 is 4.11. The number of urea groups is 1. The molecule has 0 saturated carbocycles. The van der Waals surface area contributed by atoms with Gasteiger partial charge >= 0.3 is 6.03 Å². The second-order valence-corrected chi connectivity index (χ2v) is 3.09. The van der Waals surface area contributed by atoms with Gasteiger partial charge in [0, 0.05) is 13.6 Å². The Kier molecular flexibility index (Phi) is 8.44. The molecule has 0 unspecified atom stereocenters. The monoisotopic (exact) mass is 190 g/mol. The molecule has 3 nitrogen and oxygen atoms in total. The van der Waals surface area contributed by atoms with Crippen LogP contribution in [0.1, 0.15) is 25.7 Å². The van der Waals surface area contributed by atoms with Gasteiger partial charge in [-0.25, -0.2) is 4.79 Å². The van der Waals surface area contributed by atoms with E-state index in [-0.39, 0.29) is 6.03 Å². The third-order valence-electron chi connectivity index (χ3n) is 1.60. The van der Waals surface area contributed by atoms with Crippen molar-refractivity contribution >= 4 is 18.7 Å². The quantitative estimate of drug-likeness (QED) is 0.430. The van der Waals surface area contributed by atoms with Crippen LogP contribution in [0.5, 0.6) is 0 Å². The van der Waals surface area contributed by atoms with Crippen LogP contribution < -0.4 is 10.6 Å². The molecule has 0 aromatic heterocycles. The molecule has 0 aliphatic carbocycles. The molecule has 0 aromatic carbocycles. The molecule has 0 rings (SSSR count). The Bertz CT molecular complexity index is 120. The van der Waals surface area contributed by atoms with Crippen molar-refractivity contribution in [1.29, 1.82) is 0 Å². The highest BCUT2D eigenvalue weighted by molar-refractivity contribution is 7.80. The zero-order valence-corrected chi connectivity index (χ0v) is 8.49. The molecule has 0 bridgehead atoms. The summed E-state index contributed by atoms with van der Waals surface area (Å²) in [6, 6.07) is -0.0933. The highest BCUT2D eigenvalue weighted by Crippen LogP contribution is 1.99. The Morgan fingerprint density at radius 1 is 1.25 bits per heavy atom. The van der Waals surface area contributed by atoms with Gasteiger partial charge in [-0.2, -0.15) is 12.6 Å². The topological polar surface area (TPSA) is 41.1 Å². The van der Waals surface area contributed by atoms with E-state index in [1.807, 2.05) is 0 Å². The number of unbranched alkanes of at least 4 members (excludes halogenated alkanes) is 3. The Labute approximate surface area is 79.7 Å². The molecule has 0 atom stereocenters. The minimum Gasteiger partial charge on any atom is -0.341 e. The lowest BCUT2D eigenvalue weighted by molar-refractivity contribution is 0.242. The molecule has 4 heteroatoms. The minimum atomic E-state index is -0.0933. The molecular formula is C8H18N2OS. The second-order valence-electron chi connectivity index (χ2n) is 2.64. The van der Waals surface area contributed by atoms with Crippen LogP contribution in [0.4, 0.5) is 4.79 Å². The number of rotatable bonds is 6. The average Bonchev–Trinajstić information content (AvgIpc) is 2.10. The highest BCUT2D eigenvalue weighted by Gasteiger charge is 1.93. The van der Waals surface area contributed by atoms with Gasteiger partial charge in [-0.15, -0.1) is 0 Å². The molecule has 0 heterocycles. The molecular weight excluding hydrogens is 172 g/mol. The van der Waals surface area contributed by atoms with E-state index in [0.717, 1.165) is 18.7 Å². The Morgan fingerprint density at radius 2 is 1.92 bits per heavy atom. The summed E-state index contributed by atoms with van der Waals surface area (Å²) in [6.45, 7) is 0.770. The van der Waals surface area contributed by atoms with E-state index in [1.165, 1.54) is 19.3 Å². The van der Waals surface area contributed by atoms with Crippen LogP contribution in [0.15, 0.2) is 0 Å². The number of carbonyl (C=O) groups is 1. The van der Waals surface area contributed by atoms with Gasteiger partial charge in [0.1, 0.15) is 0 Å². The highest BCUT2D eigenvalue weighted by atomic mass is 32.1. The molecule has 72 valence electrons. The summed E-state index contributed by atoms with van der Waals surface area (Å²) < 4.78 is 0. The summed E-state index contributed by atoms with van der Waals surface area (Å²) in [6.07, 6.45) is 4.60. The van der Waals surface area contributed by atoms with Crippen LogP contribution in [0.2, 0.25) is 0 Å². The Balaban J connectivity index is 2.95. The number of hydrogen-bond donors (Lipinski definition) is 3. The zero-order valence-electron chi connectivity index (χ0n) is 7.60. The van der Waals surface area contributed by atoms with Gasteiger partial charge in [0.15, 0.2) is 0 Å². The number of hydrogen-bond acceptors (Lipinski definition) is 2. The molecule has 2 amide bonds. The molecule has 2 N–H and O–H groups in total. The van der Waals surface area contributed by atoms with E-state index in [9.17, 15) is 4.79 Å². The van der Waals surface area contributed by atoms with Crippen LogP contribution >= 0.6 is 12.6 Å². The van der Waals surface area contributed by atoms with Crippen LogP contribution in [0, 0.1) is 0 Å². The Hall–Kier alpha value is -0.380. The van der Waals surface area contributed by atoms with E-state index in [2.05, 4.69) is 23.3 Å². The van der Waals surface area contributed by atoms with Crippen LogP contribution in [-0.4, -0.2) is 25.4 Å². The number of nitrogens with one attached hydrogen (secondary N) is 2. The lowest BCUT2D eigenvalue weighted by Crippen LogP contribution is -2.33. The SMILES string of the molecule is CNC(=O)NCCCCCCS. The van der Waals surface area contributed by atoms with Crippen molar-refractivity contribution in [2.45, 2.75) is 25.7 Å². The van der Waals surface area contributed by atoms with Gasteiger partial charge in [0.25, 0.3) is 0 Å². The maximum atomic E-state index is 10.7. The van der Waals surface area contributed by atoms with E-state index in [1.54, 1.807) is 7.05 Å². The summed E-state index contributed by atoms with van der Waals surface area (Å²) in [4.78, 5) is 10.7.